The number of aromatic amines is 1. The third kappa shape index (κ3) is 3.55. The highest BCUT2D eigenvalue weighted by Gasteiger charge is 2.22. The fourth-order valence-electron chi connectivity index (χ4n) is 4.64. The molecule has 0 aliphatic heterocycles. The highest BCUT2D eigenvalue weighted by atomic mass is 16.5. The van der Waals surface area contributed by atoms with Gasteiger partial charge < -0.3 is 19.5 Å². The molecule has 2 aromatic carbocycles. The number of ether oxygens (including phenoxy) is 1. The minimum Gasteiger partial charge on any atom is -0.480 e. The number of hydrogen-bond donors (Lipinski definition) is 2. The van der Waals surface area contributed by atoms with Gasteiger partial charge in [0.1, 0.15) is 11.3 Å². The third-order valence-electron chi connectivity index (χ3n) is 6.38. The quantitative estimate of drug-likeness (QED) is 0.449. The van der Waals surface area contributed by atoms with Crippen molar-refractivity contribution in [2.75, 3.05) is 6.54 Å². The average molecular weight is 431 g/mol. The summed E-state index contributed by atoms with van der Waals surface area (Å²) in [7, 11) is 0. The Hall–Kier alpha value is -3.54. The van der Waals surface area contributed by atoms with E-state index in [9.17, 15) is 9.59 Å². The fourth-order valence-corrected chi connectivity index (χ4v) is 4.64. The number of carbonyl (C=O) groups is 1. The van der Waals surface area contributed by atoms with E-state index in [1.165, 1.54) is 10.9 Å². The van der Waals surface area contributed by atoms with Gasteiger partial charge in [-0.05, 0) is 68.9 Å². The molecule has 1 aliphatic rings. The van der Waals surface area contributed by atoms with Crippen LogP contribution in [0.3, 0.4) is 0 Å². The molecule has 0 spiro atoms. The maximum atomic E-state index is 12.6. The Labute approximate surface area is 185 Å². The minimum atomic E-state index is -0.671. The summed E-state index contributed by atoms with van der Waals surface area (Å²) >= 11 is 0. The van der Waals surface area contributed by atoms with Crippen molar-refractivity contribution in [1.82, 2.24) is 10.3 Å². The van der Waals surface area contributed by atoms with Crippen molar-refractivity contribution in [2.45, 2.75) is 45.6 Å². The van der Waals surface area contributed by atoms with Crippen molar-refractivity contribution in [2.24, 2.45) is 0 Å². The van der Waals surface area contributed by atoms with E-state index in [1.807, 2.05) is 43.5 Å². The lowest BCUT2D eigenvalue weighted by atomic mass is 10.0. The van der Waals surface area contributed by atoms with Gasteiger partial charge >= 0.3 is 5.63 Å². The van der Waals surface area contributed by atoms with Gasteiger partial charge in [0.2, 0.25) is 0 Å². The van der Waals surface area contributed by atoms with Crippen LogP contribution in [0.15, 0.2) is 51.8 Å². The van der Waals surface area contributed by atoms with Crippen LogP contribution in [0, 0.1) is 6.92 Å². The van der Waals surface area contributed by atoms with Gasteiger partial charge in [0.05, 0.1) is 0 Å². The maximum absolute atomic E-state index is 12.6. The van der Waals surface area contributed by atoms with Crippen LogP contribution in [-0.4, -0.2) is 23.5 Å². The van der Waals surface area contributed by atoms with Crippen LogP contribution in [0.5, 0.6) is 5.75 Å². The van der Waals surface area contributed by atoms with E-state index in [0.29, 0.717) is 17.9 Å². The zero-order valence-corrected chi connectivity index (χ0v) is 18.3. The van der Waals surface area contributed by atoms with E-state index in [4.69, 9.17) is 9.15 Å². The van der Waals surface area contributed by atoms with E-state index >= 15 is 0 Å². The monoisotopic (exact) mass is 430 g/mol. The summed E-state index contributed by atoms with van der Waals surface area (Å²) in [6.45, 7) is 4.11. The number of amides is 1. The van der Waals surface area contributed by atoms with Gasteiger partial charge in [0.15, 0.2) is 6.10 Å². The first-order valence-corrected chi connectivity index (χ1v) is 11.1. The SMILES string of the molecule is Cc1c(O[C@@H](C)C(=O)NCCc2c[nH]c3ccccc23)ccc2c3c(c(=O)oc12)CCC3. The van der Waals surface area contributed by atoms with Gasteiger partial charge in [0, 0.05) is 40.2 Å². The molecule has 0 unspecified atom stereocenters. The molecule has 1 atom stereocenters. The maximum Gasteiger partial charge on any atom is 0.339 e. The van der Waals surface area contributed by atoms with Crippen molar-refractivity contribution in [3.05, 3.63) is 75.3 Å². The average Bonchev–Trinajstić information content (AvgIpc) is 3.44. The predicted molar refractivity (Wildman–Crippen MR) is 124 cm³/mol. The number of hydrogen-bond acceptors (Lipinski definition) is 4. The van der Waals surface area contributed by atoms with E-state index in [2.05, 4.69) is 16.4 Å². The van der Waals surface area contributed by atoms with Crippen molar-refractivity contribution >= 4 is 27.8 Å². The van der Waals surface area contributed by atoms with E-state index in [0.717, 1.165) is 53.3 Å². The van der Waals surface area contributed by atoms with E-state index < -0.39 is 6.10 Å². The highest BCUT2D eigenvalue weighted by Crippen LogP contribution is 2.33. The molecular weight excluding hydrogens is 404 g/mol. The smallest absolute Gasteiger partial charge is 0.339 e. The molecule has 2 aromatic heterocycles. The summed E-state index contributed by atoms with van der Waals surface area (Å²) in [6.07, 6.45) is 4.70. The standard InChI is InChI=1S/C26H26N2O4/c1-15-23(11-10-20-19-7-5-8-21(19)26(30)32-24(15)20)31-16(2)25(29)27-13-12-17-14-28-22-9-4-3-6-18(17)22/h3-4,6,9-11,14,16,28H,5,7-8,12-13H2,1-2H3,(H,27,29)/t16-/m0/s1. The summed E-state index contributed by atoms with van der Waals surface area (Å²) in [4.78, 5) is 28.2. The second-order valence-electron chi connectivity index (χ2n) is 8.43. The molecule has 4 aromatic rings. The lowest BCUT2D eigenvalue weighted by Gasteiger charge is -2.17. The second kappa shape index (κ2) is 8.19. The molecular formula is C26H26N2O4. The molecule has 164 valence electrons. The number of rotatable bonds is 6. The number of carbonyl (C=O) groups excluding carboxylic acids is 1. The Bertz CT molecular complexity index is 1380. The van der Waals surface area contributed by atoms with Gasteiger partial charge in [-0.1, -0.05) is 18.2 Å². The van der Waals surface area contributed by atoms with Gasteiger partial charge in [0.25, 0.3) is 5.91 Å². The van der Waals surface area contributed by atoms with Crippen LogP contribution in [0.25, 0.3) is 21.9 Å². The zero-order chi connectivity index (χ0) is 22.2. The van der Waals surface area contributed by atoms with Crippen molar-refractivity contribution < 1.29 is 13.9 Å². The molecule has 0 saturated heterocycles. The number of nitrogens with one attached hydrogen (secondary N) is 2. The molecule has 0 bridgehead atoms. The summed E-state index contributed by atoms with van der Waals surface area (Å²) in [5.41, 5.74) is 5.20. The van der Waals surface area contributed by atoms with Crippen LogP contribution < -0.4 is 15.7 Å². The Morgan fingerprint density at radius 3 is 2.84 bits per heavy atom. The topological polar surface area (TPSA) is 84.3 Å². The Morgan fingerprint density at radius 2 is 1.97 bits per heavy atom. The number of benzene rings is 2. The number of aryl methyl sites for hydroxylation is 2. The van der Waals surface area contributed by atoms with Gasteiger partial charge in [-0.3, -0.25) is 4.79 Å². The molecule has 5 rings (SSSR count). The molecule has 6 heteroatoms. The summed E-state index contributed by atoms with van der Waals surface area (Å²) < 4.78 is 11.6. The summed E-state index contributed by atoms with van der Waals surface area (Å²) in [5, 5.41) is 5.10. The van der Waals surface area contributed by atoms with Gasteiger partial charge in [-0.25, -0.2) is 4.79 Å². The Kier molecular flexibility index (Phi) is 5.21. The number of aromatic nitrogens is 1. The van der Waals surface area contributed by atoms with E-state index in [1.54, 1.807) is 6.92 Å². The number of fused-ring (bicyclic) bond motifs is 4. The molecule has 0 fully saturated rings. The van der Waals surface area contributed by atoms with Crippen molar-refractivity contribution in [3.63, 3.8) is 0 Å². The molecule has 1 aliphatic carbocycles. The van der Waals surface area contributed by atoms with Crippen LogP contribution in [-0.2, 0) is 24.1 Å². The normalized spacial score (nSPS) is 13.9. The van der Waals surface area contributed by atoms with Crippen molar-refractivity contribution in [3.8, 4) is 5.75 Å². The third-order valence-corrected chi connectivity index (χ3v) is 6.38. The first-order chi connectivity index (χ1) is 15.5. The van der Waals surface area contributed by atoms with Gasteiger partial charge in [-0.2, -0.15) is 0 Å². The highest BCUT2D eigenvalue weighted by molar-refractivity contribution is 5.87. The summed E-state index contributed by atoms with van der Waals surface area (Å²) in [5.74, 6) is 0.373. The van der Waals surface area contributed by atoms with Crippen LogP contribution >= 0.6 is 0 Å². The van der Waals surface area contributed by atoms with Crippen LogP contribution in [0.4, 0.5) is 0 Å². The van der Waals surface area contributed by atoms with Gasteiger partial charge in [-0.15, -0.1) is 0 Å². The molecule has 0 radical (unpaired) electrons. The lowest BCUT2D eigenvalue weighted by Crippen LogP contribution is -2.37. The van der Waals surface area contributed by atoms with Crippen LogP contribution in [0.2, 0.25) is 0 Å². The zero-order valence-electron chi connectivity index (χ0n) is 18.3. The largest absolute Gasteiger partial charge is 0.480 e. The fraction of sp³-hybridized carbons (Fsp3) is 0.308. The molecule has 1 amide bonds. The van der Waals surface area contributed by atoms with Crippen LogP contribution in [0.1, 0.15) is 35.6 Å². The summed E-state index contributed by atoms with van der Waals surface area (Å²) in [6, 6.07) is 11.9. The molecule has 2 N–H and O–H groups in total. The molecule has 2 heterocycles. The number of para-hydroxylation sites is 1. The van der Waals surface area contributed by atoms with E-state index in [-0.39, 0.29) is 11.5 Å². The predicted octanol–water partition coefficient (Wildman–Crippen LogP) is 4.20. The Morgan fingerprint density at radius 1 is 1.16 bits per heavy atom. The Balaban J connectivity index is 1.26. The van der Waals surface area contributed by atoms with Crippen molar-refractivity contribution in [1.29, 1.82) is 0 Å². The lowest BCUT2D eigenvalue weighted by molar-refractivity contribution is -0.127. The number of H-pyrrole nitrogens is 1. The molecule has 32 heavy (non-hydrogen) atoms. The first-order valence-electron chi connectivity index (χ1n) is 11.1. The first kappa shape index (κ1) is 20.4. The molecule has 0 saturated carbocycles. The second-order valence-corrected chi connectivity index (χ2v) is 8.43. The molecule has 6 nitrogen and oxygen atoms in total. The minimum absolute atomic E-state index is 0.181.